The number of amides is 3. The molecule has 0 unspecified atom stereocenters. The van der Waals surface area contributed by atoms with E-state index in [0.717, 1.165) is 25.1 Å². The normalized spacial score (nSPS) is 20.0. The number of halogens is 1. The number of carbonyl (C=O) groups is 2. The molecule has 1 aromatic carbocycles. The van der Waals surface area contributed by atoms with Gasteiger partial charge in [0.15, 0.2) is 0 Å². The van der Waals surface area contributed by atoms with Crippen molar-refractivity contribution in [3.8, 4) is 0 Å². The lowest BCUT2D eigenvalue weighted by atomic mass is 9.92. The average Bonchev–Trinajstić information content (AvgIpc) is 2.48. The first-order chi connectivity index (χ1) is 10.9. The van der Waals surface area contributed by atoms with Crippen LogP contribution in [0.3, 0.4) is 0 Å². The summed E-state index contributed by atoms with van der Waals surface area (Å²) in [5.74, 6) is 0.123. The quantitative estimate of drug-likeness (QED) is 0.671. The predicted molar refractivity (Wildman–Crippen MR) is 99.8 cm³/mol. The second kappa shape index (κ2) is 9.49. The maximum atomic E-state index is 12.3. The second-order valence-corrected chi connectivity index (χ2v) is 6.40. The molecule has 7 heteroatoms. The Morgan fingerprint density at radius 2 is 1.71 bits per heavy atom. The van der Waals surface area contributed by atoms with Crippen LogP contribution < -0.4 is 21.3 Å². The van der Waals surface area contributed by atoms with Gasteiger partial charge in [-0.25, -0.2) is 4.79 Å². The van der Waals surface area contributed by atoms with Gasteiger partial charge < -0.3 is 21.3 Å². The molecule has 1 aromatic rings. The van der Waals surface area contributed by atoms with Gasteiger partial charge in [0.1, 0.15) is 0 Å². The Labute approximate surface area is 149 Å². The summed E-state index contributed by atoms with van der Waals surface area (Å²) in [6, 6.07) is 7.38. The summed E-state index contributed by atoms with van der Waals surface area (Å²) in [5.41, 5.74) is 1.44. The predicted octanol–water partition coefficient (Wildman–Crippen LogP) is 2.96. The first-order valence-corrected chi connectivity index (χ1v) is 8.16. The molecular weight excluding hydrogens is 328 g/mol. The number of anilines is 2. The van der Waals surface area contributed by atoms with E-state index in [-0.39, 0.29) is 36.3 Å². The van der Waals surface area contributed by atoms with E-state index in [4.69, 9.17) is 0 Å². The molecule has 0 aliphatic carbocycles. The molecule has 1 aliphatic heterocycles. The number of rotatable bonds is 4. The van der Waals surface area contributed by atoms with Crippen LogP contribution in [0.5, 0.6) is 0 Å². The van der Waals surface area contributed by atoms with E-state index < -0.39 is 0 Å². The topological polar surface area (TPSA) is 82.3 Å². The van der Waals surface area contributed by atoms with Crippen molar-refractivity contribution in [1.82, 2.24) is 10.6 Å². The van der Waals surface area contributed by atoms with Crippen molar-refractivity contribution in [3.63, 3.8) is 0 Å². The number of urea groups is 1. The number of hydrogen-bond acceptors (Lipinski definition) is 3. The van der Waals surface area contributed by atoms with E-state index in [1.54, 1.807) is 24.3 Å². The van der Waals surface area contributed by atoms with Gasteiger partial charge in [-0.15, -0.1) is 12.4 Å². The van der Waals surface area contributed by atoms with Crippen LogP contribution in [0.15, 0.2) is 24.3 Å². The smallest absolute Gasteiger partial charge is 0.319 e. The molecule has 1 heterocycles. The monoisotopic (exact) mass is 354 g/mol. The number of carbonyl (C=O) groups excluding carboxylic acids is 2. The van der Waals surface area contributed by atoms with Crippen molar-refractivity contribution < 1.29 is 9.59 Å². The van der Waals surface area contributed by atoms with E-state index in [9.17, 15) is 9.59 Å². The first-order valence-electron chi connectivity index (χ1n) is 8.16. The van der Waals surface area contributed by atoms with Gasteiger partial charge in [0.25, 0.3) is 0 Å². The molecule has 0 aromatic heterocycles. The Morgan fingerprint density at radius 3 is 2.25 bits per heavy atom. The van der Waals surface area contributed by atoms with Gasteiger partial charge in [0.2, 0.25) is 5.91 Å². The maximum absolute atomic E-state index is 12.3. The van der Waals surface area contributed by atoms with Crippen molar-refractivity contribution in [2.45, 2.75) is 45.7 Å². The van der Waals surface area contributed by atoms with E-state index in [2.05, 4.69) is 28.2 Å². The third kappa shape index (κ3) is 6.37. The van der Waals surface area contributed by atoms with Gasteiger partial charge in [-0.05, 0) is 64.4 Å². The summed E-state index contributed by atoms with van der Waals surface area (Å²) in [6.45, 7) is 6.79. The third-order valence-corrected chi connectivity index (χ3v) is 3.82. The minimum Gasteiger partial charge on any atom is -0.336 e. The fraction of sp³-hybridized carbons (Fsp3) is 0.529. The molecule has 0 saturated carbocycles. The lowest BCUT2D eigenvalue weighted by Gasteiger charge is -2.27. The standard InChI is InChI=1S/C17H26N4O2.ClH/c1-11(2)19-17(23)21-15-6-4-14(5-7-15)20-16(22)13-8-9-18-12(3)10-13;/h4-7,11-13,18H,8-10H2,1-3H3,(H,20,22)(H2,19,21,23);1H/t12-,13-;/m0./s1. The molecule has 1 fully saturated rings. The molecule has 134 valence electrons. The minimum atomic E-state index is -0.236. The fourth-order valence-corrected chi connectivity index (χ4v) is 2.68. The SMILES string of the molecule is CC(C)NC(=O)Nc1ccc(NC(=O)[C@H]2CCN[C@@H](C)C2)cc1.Cl. The zero-order valence-electron chi connectivity index (χ0n) is 14.4. The summed E-state index contributed by atoms with van der Waals surface area (Å²) in [4.78, 5) is 23.9. The highest BCUT2D eigenvalue weighted by molar-refractivity contribution is 5.93. The Bertz CT molecular complexity index is 548. The highest BCUT2D eigenvalue weighted by atomic mass is 35.5. The fourth-order valence-electron chi connectivity index (χ4n) is 2.68. The second-order valence-electron chi connectivity index (χ2n) is 6.40. The molecule has 1 saturated heterocycles. The Balaban J connectivity index is 0.00000288. The number of piperidine rings is 1. The zero-order valence-corrected chi connectivity index (χ0v) is 15.2. The summed E-state index contributed by atoms with van der Waals surface area (Å²) in [7, 11) is 0. The van der Waals surface area contributed by atoms with Crippen LogP contribution in [-0.2, 0) is 4.79 Å². The number of benzene rings is 1. The lowest BCUT2D eigenvalue weighted by Crippen LogP contribution is -2.40. The average molecular weight is 355 g/mol. The number of hydrogen-bond donors (Lipinski definition) is 4. The molecule has 2 atom stereocenters. The molecule has 0 bridgehead atoms. The molecule has 3 amide bonds. The summed E-state index contributed by atoms with van der Waals surface area (Å²) < 4.78 is 0. The van der Waals surface area contributed by atoms with Crippen LogP contribution in [0.25, 0.3) is 0 Å². The zero-order chi connectivity index (χ0) is 16.8. The first kappa shape index (κ1) is 20.3. The van der Waals surface area contributed by atoms with Crippen molar-refractivity contribution >= 4 is 35.7 Å². The largest absolute Gasteiger partial charge is 0.336 e. The van der Waals surface area contributed by atoms with Crippen molar-refractivity contribution in [2.75, 3.05) is 17.2 Å². The van der Waals surface area contributed by atoms with Crippen LogP contribution in [0, 0.1) is 5.92 Å². The molecule has 24 heavy (non-hydrogen) atoms. The van der Waals surface area contributed by atoms with Gasteiger partial charge >= 0.3 is 6.03 Å². The van der Waals surface area contributed by atoms with Crippen molar-refractivity contribution in [2.24, 2.45) is 5.92 Å². The van der Waals surface area contributed by atoms with Crippen molar-refractivity contribution in [1.29, 1.82) is 0 Å². The van der Waals surface area contributed by atoms with Crippen LogP contribution in [0.4, 0.5) is 16.2 Å². The van der Waals surface area contributed by atoms with E-state index in [1.165, 1.54) is 0 Å². The Hall–Kier alpha value is -1.79. The highest BCUT2D eigenvalue weighted by Crippen LogP contribution is 2.19. The van der Waals surface area contributed by atoms with Crippen LogP contribution in [-0.4, -0.2) is 30.6 Å². The van der Waals surface area contributed by atoms with Gasteiger partial charge in [-0.1, -0.05) is 0 Å². The molecule has 0 radical (unpaired) electrons. The third-order valence-electron chi connectivity index (χ3n) is 3.82. The van der Waals surface area contributed by atoms with Gasteiger partial charge in [-0.3, -0.25) is 4.79 Å². The molecule has 2 rings (SSSR count). The van der Waals surface area contributed by atoms with E-state index >= 15 is 0 Å². The van der Waals surface area contributed by atoms with Gasteiger partial charge in [0.05, 0.1) is 0 Å². The molecule has 1 aliphatic rings. The van der Waals surface area contributed by atoms with Gasteiger partial charge in [0, 0.05) is 29.4 Å². The molecule has 4 N–H and O–H groups in total. The lowest BCUT2D eigenvalue weighted by molar-refractivity contribution is -0.120. The van der Waals surface area contributed by atoms with Crippen LogP contribution in [0.2, 0.25) is 0 Å². The molecule has 6 nitrogen and oxygen atoms in total. The van der Waals surface area contributed by atoms with E-state index in [1.807, 2.05) is 13.8 Å². The summed E-state index contributed by atoms with van der Waals surface area (Å²) >= 11 is 0. The van der Waals surface area contributed by atoms with E-state index in [0.29, 0.717) is 11.7 Å². The number of nitrogens with one attached hydrogen (secondary N) is 4. The molecule has 0 spiro atoms. The Kier molecular flexibility index (Phi) is 8.01. The minimum absolute atomic E-state index is 0. The van der Waals surface area contributed by atoms with Crippen LogP contribution in [0.1, 0.15) is 33.6 Å². The Morgan fingerprint density at radius 1 is 1.12 bits per heavy atom. The maximum Gasteiger partial charge on any atom is 0.319 e. The van der Waals surface area contributed by atoms with Crippen LogP contribution >= 0.6 is 12.4 Å². The molecular formula is C17H27ClN4O2. The highest BCUT2D eigenvalue weighted by Gasteiger charge is 2.24. The summed E-state index contributed by atoms with van der Waals surface area (Å²) in [6.07, 6.45) is 1.73. The van der Waals surface area contributed by atoms with Gasteiger partial charge in [-0.2, -0.15) is 0 Å². The summed E-state index contributed by atoms with van der Waals surface area (Å²) in [5, 5.41) is 11.8. The van der Waals surface area contributed by atoms with Crippen molar-refractivity contribution in [3.05, 3.63) is 24.3 Å².